The Morgan fingerprint density at radius 3 is 2.38 bits per heavy atom. The van der Waals surface area contributed by atoms with Gasteiger partial charge < -0.3 is 23.7 Å². The van der Waals surface area contributed by atoms with E-state index < -0.39 is 0 Å². The van der Waals surface area contributed by atoms with Crippen molar-refractivity contribution in [3.05, 3.63) is 40.8 Å². The fourth-order valence-corrected chi connectivity index (χ4v) is 4.35. The van der Waals surface area contributed by atoms with Gasteiger partial charge in [-0.1, -0.05) is 24.0 Å². The van der Waals surface area contributed by atoms with Crippen molar-refractivity contribution in [2.24, 2.45) is 0 Å². The van der Waals surface area contributed by atoms with Crippen molar-refractivity contribution in [2.45, 2.75) is 0 Å². The second kappa shape index (κ2) is 7.84. The summed E-state index contributed by atoms with van der Waals surface area (Å²) in [6.07, 6.45) is 1.75. The van der Waals surface area contributed by atoms with Crippen molar-refractivity contribution in [3.8, 4) is 28.7 Å². The predicted molar refractivity (Wildman–Crippen MR) is 114 cm³/mol. The molecular formula is C20H17NO6S2. The lowest BCUT2D eigenvalue weighted by atomic mass is 10.1. The van der Waals surface area contributed by atoms with E-state index in [0.717, 1.165) is 5.56 Å². The number of nitrogens with zero attached hydrogens (tertiary/aromatic N) is 1. The molecule has 0 aliphatic carbocycles. The van der Waals surface area contributed by atoms with Crippen molar-refractivity contribution >= 4 is 46.0 Å². The second-order valence-electron chi connectivity index (χ2n) is 6.01. The molecular weight excluding hydrogens is 414 g/mol. The van der Waals surface area contributed by atoms with Gasteiger partial charge >= 0.3 is 0 Å². The van der Waals surface area contributed by atoms with Crippen LogP contribution in [-0.2, 0) is 4.79 Å². The number of hydrogen-bond donors (Lipinski definition) is 0. The van der Waals surface area contributed by atoms with Gasteiger partial charge in [-0.15, -0.1) is 0 Å². The average molecular weight is 431 g/mol. The van der Waals surface area contributed by atoms with E-state index in [1.807, 2.05) is 0 Å². The normalized spacial score (nSPS) is 16.5. The van der Waals surface area contributed by atoms with Crippen molar-refractivity contribution in [2.75, 3.05) is 33.0 Å². The molecule has 2 aromatic rings. The summed E-state index contributed by atoms with van der Waals surface area (Å²) < 4.78 is 27.3. The predicted octanol–water partition coefficient (Wildman–Crippen LogP) is 3.85. The molecule has 1 saturated heterocycles. The lowest BCUT2D eigenvalue weighted by Gasteiger charge is -2.15. The molecule has 0 spiro atoms. The molecule has 0 atom stereocenters. The smallest absolute Gasteiger partial charge is 0.270 e. The summed E-state index contributed by atoms with van der Waals surface area (Å²) >= 11 is 6.67. The van der Waals surface area contributed by atoms with Gasteiger partial charge in [0.25, 0.3) is 5.91 Å². The second-order valence-corrected chi connectivity index (χ2v) is 7.69. The number of thioether (sulfide) groups is 1. The minimum atomic E-state index is -0.215. The first kappa shape index (κ1) is 19.4. The molecule has 7 nitrogen and oxygen atoms in total. The van der Waals surface area contributed by atoms with Crippen LogP contribution < -0.4 is 28.6 Å². The number of ether oxygens (including phenoxy) is 5. The Morgan fingerprint density at radius 2 is 1.72 bits per heavy atom. The molecule has 0 radical (unpaired) electrons. The number of anilines is 1. The zero-order valence-corrected chi connectivity index (χ0v) is 17.5. The SMILES string of the molecule is COc1cc(C=C2SC(=S)N(c3ccc4c(c3)OCO4)C2=O)cc(OC)c1OC. The van der Waals surface area contributed by atoms with Crippen LogP contribution in [0.4, 0.5) is 5.69 Å². The van der Waals surface area contributed by atoms with Gasteiger partial charge in [0.05, 0.1) is 31.9 Å². The van der Waals surface area contributed by atoms with Gasteiger partial charge in [-0.3, -0.25) is 9.69 Å². The number of hydrogen-bond acceptors (Lipinski definition) is 8. The van der Waals surface area contributed by atoms with E-state index in [4.69, 9.17) is 35.9 Å². The number of carbonyl (C=O) groups is 1. The third kappa shape index (κ3) is 3.47. The molecule has 0 saturated carbocycles. The number of methoxy groups -OCH3 is 3. The van der Waals surface area contributed by atoms with E-state index in [1.54, 1.807) is 50.6 Å². The Kier molecular flexibility index (Phi) is 5.25. The molecule has 4 rings (SSSR count). The van der Waals surface area contributed by atoms with Crippen LogP contribution in [0.5, 0.6) is 28.7 Å². The van der Waals surface area contributed by atoms with E-state index in [0.29, 0.717) is 43.7 Å². The van der Waals surface area contributed by atoms with E-state index in [9.17, 15) is 4.79 Å². The van der Waals surface area contributed by atoms with Gasteiger partial charge in [0.2, 0.25) is 12.5 Å². The molecule has 0 aromatic heterocycles. The number of fused-ring (bicyclic) bond motifs is 1. The lowest BCUT2D eigenvalue weighted by Crippen LogP contribution is -2.27. The summed E-state index contributed by atoms with van der Waals surface area (Å²) in [4.78, 5) is 15.0. The summed E-state index contributed by atoms with van der Waals surface area (Å²) in [5, 5.41) is 0. The van der Waals surface area contributed by atoms with E-state index in [1.165, 1.54) is 23.8 Å². The van der Waals surface area contributed by atoms with Gasteiger partial charge in [0.1, 0.15) is 0 Å². The topological polar surface area (TPSA) is 66.5 Å². The van der Waals surface area contributed by atoms with Crippen LogP contribution in [0.2, 0.25) is 0 Å². The minimum Gasteiger partial charge on any atom is -0.493 e. The fourth-order valence-electron chi connectivity index (χ4n) is 3.05. The lowest BCUT2D eigenvalue weighted by molar-refractivity contribution is -0.113. The van der Waals surface area contributed by atoms with Crippen molar-refractivity contribution in [1.82, 2.24) is 0 Å². The van der Waals surface area contributed by atoms with Crippen LogP contribution in [0.3, 0.4) is 0 Å². The van der Waals surface area contributed by atoms with Crippen LogP contribution in [0.1, 0.15) is 5.56 Å². The highest BCUT2D eigenvalue weighted by Crippen LogP contribution is 2.42. The van der Waals surface area contributed by atoms with Gasteiger partial charge in [-0.05, 0) is 35.9 Å². The number of amides is 1. The maximum Gasteiger partial charge on any atom is 0.270 e. The molecule has 2 aliphatic rings. The first-order valence-corrected chi connectivity index (χ1v) is 9.75. The van der Waals surface area contributed by atoms with Crippen LogP contribution in [0.25, 0.3) is 6.08 Å². The third-order valence-electron chi connectivity index (χ3n) is 4.39. The number of carbonyl (C=O) groups excluding carboxylic acids is 1. The summed E-state index contributed by atoms with van der Waals surface area (Å²) in [6.45, 7) is 0.165. The number of rotatable bonds is 5. The Morgan fingerprint density at radius 1 is 1.03 bits per heavy atom. The molecule has 0 N–H and O–H groups in total. The van der Waals surface area contributed by atoms with Gasteiger partial charge in [-0.25, -0.2) is 0 Å². The first-order chi connectivity index (χ1) is 14.0. The van der Waals surface area contributed by atoms with Crippen LogP contribution in [0.15, 0.2) is 35.2 Å². The first-order valence-electron chi connectivity index (χ1n) is 8.53. The molecule has 29 heavy (non-hydrogen) atoms. The average Bonchev–Trinajstić information content (AvgIpc) is 3.30. The zero-order chi connectivity index (χ0) is 20.5. The molecule has 150 valence electrons. The molecule has 2 aliphatic heterocycles. The fraction of sp³-hybridized carbons (Fsp3) is 0.200. The summed E-state index contributed by atoms with van der Waals surface area (Å²) in [5.74, 6) is 2.51. The molecule has 2 aromatic carbocycles. The third-order valence-corrected chi connectivity index (χ3v) is 5.70. The Labute approximate surface area is 177 Å². The molecule has 1 fully saturated rings. The minimum absolute atomic E-state index is 0.165. The van der Waals surface area contributed by atoms with Gasteiger partial charge in [0.15, 0.2) is 27.3 Å². The highest BCUT2D eigenvalue weighted by Gasteiger charge is 2.34. The highest BCUT2D eigenvalue weighted by molar-refractivity contribution is 8.27. The van der Waals surface area contributed by atoms with Gasteiger partial charge in [-0.2, -0.15) is 0 Å². The number of thiocarbonyl (C=S) groups is 1. The monoisotopic (exact) mass is 431 g/mol. The Bertz CT molecular complexity index is 1010. The summed E-state index contributed by atoms with van der Waals surface area (Å²) in [7, 11) is 4.62. The van der Waals surface area contributed by atoms with Gasteiger partial charge in [0, 0.05) is 6.07 Å². The number of benzene rings is 2. The van der Waals surface area contributed by atoms with Crippen molar-refractivity contribution in [3.63, 3.8) is 0 Å². The molecule has 1 amide bonds. The van der Waals surface area contributed by atoms with Crippen LogP contribution in [-0.4, -0.2) is 38.4 Å². The zero-order valence-electron chi connectivity index (χ0n) is 15.9. The summed E-state index contributed by atoms with van der Waals surface area (Å²) in [5.41, 5.74) is 1.36. The Hall–Kier alpha value is -2.91. The standard InChI is InChI=1S/C20H17NO6S2/c1-23-15-6-11(7-16(24-2)18(15)25-3)8-17-19(22)21(20(28)29-17)12-4-5-13-14(9-12)27-10-26-13/h4-9H,10H2,1-3H3. The Balaban J connectivity index is 1.68. The molecule has 0 bridgehead atoms. The maximum atomic E-state index is 13.0. The van der Waals surface area contributed by atoms with Crippen molar-refractivity contribution in [1.29, 1.82) is 0 Å². The highest BCUT2D eigenvalue weighted by atomic mass is 32.2. The van der Waals surface area contributed by atoms with E-state index in [-0.39, 0.29) is 12.7 Å². The molecule has 0 unspecified atom stereocenters. The van der Waals surface area contributed by atoms with Crippen molar-refractivity contribution < 1.29 is 28.5 Å². The van der Waals surface area contributed by atoms with Crippen LogP contribution in [0, 0.1) is 0 Å². The molecule has 2 heterocycles. The summed E-state index contributed by atoms with van der Waals surface area (Å²) in [6, 6.07) is 8.83. The largest absolute Gasteiger partial charge is 0.493 e. The quantitative estimate of drug-likeness (QED) is 0.523. The molecule has 9 heteroatoms. The maximum absolute atomic E-state index is 13.0. The van der Waals surface area contributed by atoms with Crippen LogP contribution >= 0.6 is 24.0 Å². The van der Waals surface area contributed by atoms with E-state index in [2.05, 4.69) is 0 Å². The van der Waals surface area contributed by atoms with E-state index >= 15 is 0 Å².